The highest BCUT2D eigenvalue weighted by Gasteiger charge is 2.21. The molecule has 0 saturated carbocycles. The maximum Gasteiger partial charge on any atom is 0.243 e. The molecule has 5 nitrogen and oxygen atoms in total. The lowest BCUT2D eigenvalue weighted by atomic mass is 10.1. The number of hydrogen-bond acceptors (Lipinski definition) is 4. The predicted molar refractivity (Wildman–Crippen MR) is 62.6 cm³/mol. The van der Waals surface area contributed by atoms with Crippen LogP contribution in [0.15, 0.2) is 18.2 Å². The van der Waals surface area contributed by atoms with Crippen LogP contribution in [0.3, 0.4) is 0 Å². The zero-order chi connectivity index (χ0) is 11.5. The van der Waals surface area contributed by atoms with Gasteiger partial charge in [-0.05, 0) is 25.1 Å². The van der Waals surface area contributed by atoms with E-state index in [1.54, 1.807) is 18.2 Å². The molecule has 0 spiro atoms. The number of anilines is 2. The average molecular weight is 221 g/mol. The maximum atomic E-state index is 11.4. The monoisotopic (exact) mass is 221 g/mol. The molecule has 0 aromatic heterocycles. The average Bonchev–Trinajstić information content (AvgIpc) is 2.25. The fraction of sp³-hybridized carbons (Fsp3) is 0.364. The molecule has 2 rings (SSSR count). The van der Waals surface area contributed by atoms with Crippen molar-refractivity contribution >= 4 is 17.3 Å². The fourth-order valence-electron chi connectivity index (χ4n) is 1.83. The molecule has 16 heavy (non-hydrogen) atoms. The topological polar surface area (TPSA) is 78.6 Å². The number of carbonyl (C=O) groups excluding carboxylic acids is 1. The SMILES string of the molecule is NCCCN1CC(=O)Nc2cc(O)ccc21. The summed E-state index contributed by atoms with van der Waals surface area (Å²) in [5.74, 6) is 0.0925. The second-order valence-electron chi connectivity index (χ2n) is 3.81. The lowest BCUT2D eigenvalue weighted by Gasteiger charge is -2.30. The molecule has 1 aliphatic rings. The molecule has 1 aromatic rings. The number of carbonyl (C=O) groups is 1. The summed E-state index contributed by atoms with van der Waals surface area (Å²) in [6, 6.07) is 4.98. The molecule has 1 aliphatic heterocycles. The van der Waals surface area contributed by atoms with Gasteiger partial charge in [0.15, 0.2) is 0 Å². The number of nitrogens with two attached hydrogens (primary N) is 1. The zero-order valence-corrected chi connectivity index (χ0v) is 8.94. The third-order valence-corrected chi connectivity index (χ3v) is 2.56. The van der Waals surface area contributed by atoms with Gasteiger partial charge < -0.3 is 21.1 Å². The molecule has 0 fully saturated rings. The number of fused-ring (bicyclic) bond motifs is 1. The van der Waals surface area contributed by atoms with Crippen LogP contribution < -0.4 is 16.0 Å². The fourth-order valence-corrected chi connectivity index (χ4v) is 1.83. The van der Waals surface area contributed by atoms with Crippen LogP contribution in [0.1, 0.15) is 6.42 Å². The minimum absolute atomic E-state index is 0.0601. The van der Waals surface area contributed by atoms with Crippen LogP contribution in [0.2, 0.25) is 0 Å². The summed E-state index contributed by atoms with van der Waals surface area (Å²) >= 11 is 0. The van der Waals surface area contributed by atoms with Crippen LogP contribution in [-0.4, -0.2) is 30.6 Å². The zero-order valence-electron chi connectivity index (χ0n) is 8.94. The normalized spacial score (nSPS) is 14.6. The van der Waals surface area contributed by atoms with Crippen molar-refractivity contribution in [1.29, 1.82) is 0 Å². The first-order valence-corrected chi connectivity index (χ1v) is 5.28. The van der Waals surface area contributed by atoms with Crippen LogP contribution >= 0.6 is 0 Å². The third kappa shape index (κ3) is 2.09. The number of phenolic OH excluding ortho intramolecular Hbond substituents is 1. The van der Waals surface area contributed by atoms with Crippen molar-refractivity contribution < 1.29 is 9.90 Å². The predicted octanol–water partition coefficient (Wildman–Crippen LogP) is 0.499. The van der Waals surface area contributed by atoms with E-state index in [2.05, 4.69) is 5.32 Å². The molecule has 1 aromatic carbocycles. The molecule has 0 unspecified atom stereocenters. The van der Waals surface area contributed by atoms with Crippen LogP contribution in [-0.2, 0) is 4.79 Å². The van der Waals surface area contributed by atoms with Gasteiger partial charge in [0.2, 0.25) is 5.91 Å². The van der Waals surface area contributed by atoms with Crippen molar-refractivity contribution in [3.63, 3.8) is 0 Å². The summed E-state index contributed by atoms with van der Waals surface area (Å²) in [5, 5.41) is 12.1. The van der Waals surface area contributed by atoms with Gasteiger partial charge in [0.05, 0.1) is 17.9 Å². The Bertz CT molecular complexity index is 406. The molecule has 0 aliphatic carbocycles. The van der Waals surface area contributed by atoms with E-state index in [1.165, 1.54) is 0 Å². The number of nitrogens with one attached hydrogen (secondary N) is 1. The lowest BCUT2D eigenvalue weighted by Crippen LogP contribution is -2.39. The van der Waals surface area contributed by atoms with Crippen LogP contribution in [0.25, 0.3) is 0 Å². The Labute approximate surface area is 93.9 Å². The van der Waals surface area contributed by atoms with E-state index < -0.39 is 0 Å². The largest absolute Gasteiger partial charge is 0.508 e. The van der Waals surface area contributed by atoms with E-state index in [4.69, 9.17) is 5.73 Å². The molecular weight excluding hydrogens is 206 g/mol. The van der Waals surface area contributed by atoms with E-state index in [0.29, 0.717) is 18.8 Å². The number of benzene rings is 1. The Morgan fingerprint density at radius 3 is 3.06 bits per heavy atom. The number of hydrogen-bond donors (Lipinski definition) is 3. The Balaban J connectivity index is 2.27. The Morgan fingerprint density at radius 2 is 2.31 bits per heavy atom. The first-order valence-electron chi connectivity index (χ1n) is 5.28. The summed E-state index contributed by atoms with van der Waals surface area (Å²) in [6.07, 6.45) is 0.841. The van der Waals surface area contributed by atoms with Gasteiger partial charge >= 0.3 is 0 Å². The number of phenols is 1. The number of amides is 1. The van der Waals surface area contributed by atoms with Gasteiger partial charge in [0.1, 0.15) is 5.75 Å². The van der Waals surface area contributed by atoms with Crippen molar-refractivity contribution in [3.05, 3.63) is 18.2 Å². The van der Waals surface area contributed by atoms with E-state index >= 15 is 0 Å². The Hall–Kier alpha value is -1.75. The summed E-state index contributed by atoms with van der Waals surface area (Å²) in [5.41, 5.74) is 7.05. The van der Waals surface area contributed by atoms with Gasteiger partial charge in [-0.3, -0.25) is 4.79 Å². The van der Waals surface area contributed by atoms with E-state index in [-0.39, 0.29) is 11.7 Å². The molecule has 86 valence electrons. The molecule has 1 amide bonds. The highest BCUT2D eigenvalue weighted by Crippen LogP contribution is 2.32. The van der Waals surface area contributed by atoms with Crippen molar-refractivity contribution in [1.82, 2.24) is 0 Å². The van der Waals surface area contributed by atoms with Gasteiger partial charge in [0, 0.05) is 12.6 Å². The Kier molecular flexibility index (Phi) is 2.96. The molecule has 0 atom stereocenters. The van der Waals surface area contributed by atoms with Gasteiger partial charge in [-0.1, -0.05) is 0 Å². The van der Waals surface area contributed by atoms with E-state index in [0.717, 1.165) is 18.7 Å². The summed E-state index contributed by atoms with van der Waals surface area (Å²) in [7, 11) is 0. The van der Waals surface area contributed by atoms with Crippen molar-refractivity contribution in [2.45, 2.75) is 6.42 Å². The standard InChI is InChI=1S/C11H15N3O2/c12-4-1-5-14-7-11(16)13-9-6-8(15)2-3-10(9)14/h2-3,6,15H,1,4-5,7,12H2,(H,13,16). The summed E-state index contributed by atoms with van der Waals surface area (Å²) < 4.78 is 0. The highest BCUT2D eigenvalue weighted by atomic mass is 16.3. The lowest BCUT2D eigenvalue weighted by molar-refractivity contribution is -0.115. The molecule has 0 radical (unpaired) electrons. The van der Waals surface area contributed by atoms with Crippen molar-refractivity contribution in [2.75, 3.05) is 29.9 Å². The van der Waals surface area contributed by atoms with Gasteiger partial charge in [-0.25, -0.2) is 0 Å². The van der Waals surface area contributed by atoms with Crippen molar-refractivity contribution in [3.8, 4) is 5.75 Å². The molecule has 0 saturated heterocycles. The minimum Gasteiger partial charge on any atom is -0.508 e. The number of aromatic hydroxyl groups is 1. The smallest absolute Gasteiger partial charge is 0.243 e. The Morgan fingerprint density at radius 1 is 1.50 bits per heavy atom. The van der Waals surface area contributed by atoms with Crippen LogP contribution in [0.5, 0.6) is 5.75 Å². The molecule has 1 heterocycles. The van der Waals surface area contributed by atoms with Gasteiger partial charge in [-0.2, -0.15) is 0 Å². The van der Waals surface area contributed by atoms with Crippen LogP contribution in [0.4, 0.5) is 11.4 Å². The molecule has 5 heteroatoms. The molecule has 4 N–H and O–H groups in total. The van der Waals surface area contributed by atoms with Crippen LogP contribution in [0, 0.1) is 0 Å². The van der Waals surface area contributed by atoms with Crippen molar-refractivity contribution in [2.24, 2.45) is 5.73 Å². The summed E-state index contributed by atoms with van der Waals surface area (Å²) in [4.78, 5) is 13.4. The quantitative estimate of drug-likeness (QED) is 0.694. The van der Waals surface area contributed by atoms with E-state index in [1.807, 2.05) is 4.90 Å². The second kappa shape index (κ2) is 4.40. The number of rotatable bonds is 3. The first kappa shape index (κ1) is 10.8. The third-order valence-electron chi connectivity index (χ3n) is 2.56. The molecule has 0 bridgehead atoms. The first-order chi connectivity index (χ1) is 7.70. The summed E-state index contributed by atoms with van der Waals surface area (Å²) in [6.45, 7) is 1.70. The van der Waals surface area contributed by atoms with E-state index in [9.17, 15) is 9.90 Å². The van der Waals surface area contributed by atoms with Gasteiger partial charge in [0.25, 0.3) is 0 Å². The highest BCUT2D eigenvalue weighted by molar-refractivity contribution is 6.01. The minimum atomic E-state index is -0.0601. The maximum absolute atomic E-state index is 11.4. The number of nitrogens with zero attached hydrogens (tertiary/aromatic N) is 1. The van der Waals surface area contributed by atoms with Gasteiger partial charge in [-0.15, -0.1) is 0 Å². The molecular formula is C11H15N3O2. The second-order valence-corrected chi connectivity index (χ2v) is 3.81.